The molecular weight excluding hydrogens is 162 g/mol. The zero-order valence-electron chi connectivity index (χ0n) is 7.91. The SMILES string of the molecule is C#CC(CC)Nc1ccnc(C)n1. The number of nitrogens with zero attached hydrogens (tertiary/aromatic N) is 2. The van der Waals surface area contributed by atoms with Crippen LogP contribution in [0.1, 0.15) is 19.2 Å². The molecule has 1 atom stereocenters. The van der Waals surface area contributed by atoms with E-state index in [9.17, 15) is 0 Å². The molecule has 0 aliphatic heterocycles. The van der Waals surface area contributed by atoms with Gasteiger partial charge in [-0.1, -0.05) is 12.8 Å². The van der Waals surface area contributed by atoms with Crippen molar-refractivity contribution in [2.45, 2.75) is 26.3 Å². The smallest absolute Gasteiger partial charge is 0.130 e. The highest BCUT2D eigenvalue weighted by molar-refractivity contribution is 5.36. The third kappa shape index (κ3) is 2.75. The Balaban J connectivity index is 2.69. The van der Waals surface area contributed by atoms with Crippen molar-refractivity contribution in [2.24, 2.45) is 0 Å². The van der Waals surface area contributed by atoms with Crippen molar-refractivity contribution in [3.63, 3.8) is 0 Å². The molecule has 0 amide bonds. The van der Waals surface area contributed by atoms with Gasteiger partial charge in [0, 0.05) is 6.20 Å². The minimum absolute atomic E-state index is 0.0503. The van der Waals surface area contributed by atoms with Crippen molar-refractivity contribution in [1.29, 1.82) is 0 Å². The Labute approximate surface area is 78.6 Å². The molecule has 1 unspecified atom stereocenters. The van der Waals surface area contributed by atoms with Crippen LogP contribution in [-0.2, 0) is 0 Å². The number of hydrogen-bond acceptors (Lipinski definition) is 3. The number of hydrogen-bond donors (Lipinski definition) is 1. The largest absolute Gasteiger partial charge is 0.356 e. The van der Waals surface area contributed by atoms with Crippen molar-refractivity contribution >= 4 is 5.82 Å². The number of terminal acetylenes is 1. The van der Waals surface area contributed by atoms with Gasteiger partial charge in [0.2, 0.25) is 0 Å². The zero-order chi connectivity index (χ0) is 9.68. The van der Waals surface area contributed by atoms with Gasteiger partial charge in [-0.25, -0.2) is 9.97 Å². The van der Waals surface area contributed by atoms with Crippen LogP contribution in [0.2, 0.25) is 0 Å². The first-order valence-electron chi connectivity index (χ1n) is 4.28. The van der Waals surface area contributed by atoms with Gasteiger partial charge in [0.05, 0.1) is 6.04 Å². The molecule has 0 bridgehead atoms. The molecule has 0 fully saturated rings. The quantitative estimate of drug-likeness (QED) is 0.709. The second-order valence-electron chi connectivity index (χ2n) is 2.76. The molecule has 0 aliphatic rings. The van der Waals surface area contributed by atoms with E-state index in [1.807, 2.05) is 19.9 Å². The van der Waals surface area contributed by atoms with Crippen LogP contribution in [0.15, 0.2) is 12.3 Å². The number of aromatic nitrogens is 2. The molecule has 68 valence electrons. The molecule has 1 heterocycles. The van der Waals surface area contributed by atoms with Crippen LogP contribution in [0.3, 0.4) is 0 Å². The standard InChI is InChI=1S/C10H13N3/c1-4-9(5-2)13-10-6-7-11-8(3)12-10/h1,6-7,9H,5H2,2-3H3,(H,11,12,13). The highest BCUT2D eigenvalue weighted by Gasteiger charge is 2.01. The Kier molecular flexibility index (Phi) is 3.27. The Bertz CT molecular complexity index is 314. The Morgan fingerprint density at radius 1 is 1.69 bits per heavy atom. The van der Waals surface area contributed by atoms with Gasteiger partial charge < -0.3 is 5.32 Å². The van der Waals surface area contributed by atoms with E-state index in [1.165, 1.54) is 0 Å². The van der Waals surface area contributed by atoms with Gasteiger partial charge in [0.25, 0.3) is 0 Å². The number of rotatable bonds is 3. The summed E-state index contributed by atoms with van der Waals surface area (Å²) < 4.78 is 0. The minimum atomic E-state index is 0.0503. The molecule has 1 aromatic heterocycles. The van der Waals surface area contributed by atoms with Gasteiger partial charge in [0.15, 0.2) is 0 Å². The molecule has 1 aromatic rings. The maximum atomic E-state index is 5.31. The predicted molar refractivity (Wildman–Crippen MR) is 53.3 cm³/mol. The van der Waals surface area contributed by atoms with Crippen LogP contribution in [0.25, 0.3) is 0 Å². The summed E-state index contributed by atoms with van der Waals surface area (Å²) in [6, 6.07) is 1.86. The van der Waals surface area contributed by atoms with Crippen molar-refractivity contribution in [3.8, 4) is 12.3 Å². The van der Waals surface area contributed by atoms with Crippen LogP contribution < -0.4 is 5.32 Å². The summed E-state index contributed by atoms with van der Waals surface area (Å²) in [5, 5.41) is 3.13. The van der Waals surface area contributed by atoms with Crippen molar-refractivity contribution in [1.82, 2.24) is 9.97 Å². The highest BCUT2D eigenvalue weighted by Crippen LogP contribution is 2.04. The van der Waals surface area contributed by atoms with Gasteiger partial charge in [-0.15, -0.1) is 6.42 Å². The molecule has 0 aromatic carbocycles. The lowest BCUT2D eigenvalue weighted by molar-refractivity contribution is 0.846. The molecule has 3 nitrogen and oxygen atoms in total. The maximum Gasteiger partial charge on any atom is 0.130 e. The lowest BCUT2D eigenvalue weighted by atomic mass is 10.2. The summed E-state index contributed by atoms with van der Waals surface area (Å²) in [5.74, 6) is 4.18. The average molecular weight is 175 g/mol. The number of anilines is 1. The average Bonchev–Trinajstić information content (AvgIpc) is 2.14. The van der Waals surface area contributed by atoms with E-state index in [-0.39, 0.29) is 6.04 Å². The van der Waals surface area contributed by atoms with Crippen molar-refractivity contribution in [2.75, 3.05) is 5.32 Å². The van der Waals surface area contributed by atoms with Gasteiger partial charge in [0.1, 0.15) is 11.6 Å². The minimum Gasteiger partial charge on any atom is -0.356 e. The summed E-state index contributed by atoms with van der Waals surface area (Å²) in [5.41, 5.74) is 0. The van der Waals surface area contributed by atoms with Gasteiger partial charge in [-0.3, -0.25) is 0 Å². The molecule has 0 spiro atoms. The zero-order valence-corrected chi connectivity index (χ0v) is 7.91. The third-order valence-electron chi connectivity index (χ3n) is 1.71. The van der Waals surface area contributed by atoms with E-state index in [0.717, 1.165) is 18.1 Å². The molecule has 1 N–H and O–H groups in total. The van der Waals surface area contributed by atoms with Crippen molar-refractivity contribution in [3.05, 3.63) is 18.1 Å². The highest BCUT2D eigenvalue weighted by atomic mass is 15.0. The monoisotopic (exact) mass is 175 g/mol. The van der Waals surface area contributed by atoms with Crippen molar-refractivity contribution < 1.29 is 0 Å². The first-order chi connectivity index (χ1) is 6.26. The molecule has 13 heavy (non-hydrogen) atoms. The fraction of sp³-hybridized carbons (Fsp3) is 0.400. The van der Waals surface area contributed by atoms with E-state index in [1.54, 1.807) is 6.20 Å². The molecule has 0 saturated heterocycles. The summed E-state index contributed by atoms with van der Waals surface area (Å²) in [6.07, 6.45) is 7.92. The fourth-order valence-electron chi connectivity index (χ4n) is 0.977. The van der Waals surface area contributed by atoms with E-state index < -0.39 is 0 Å². The van der Waals surface area contributed by atoms with E-state index in [0.29, 0.717) is 0 Å². The van der Waals surface area contributed by atoms with E-state index in [2.05, 4.69) is 21.2 Å². The number of aryl methyl sites for hydroxylation is 1. The molecular formula is C10H13N3. The summed E-state index contributed by atoms with van der Waals surface area (Å²) in [7, 11) is 0. The molecule has 0 radical (unpaired) electrons. The topological polar surface area (TPSA) is 37.8 Å². The Morgan fingerprint density at radius 2 is 2.46 bits per heavy atom. The second kappa shape index (κ2) is 4.46. The first-order valence-corrected chi connectivity index (χ1v) is 4.28. The van der Waals surface area contributed by atoms with E-state index in [4.69, 9.17) is 6.42 Å². The summed E-state index contributed by atoms with van der Waals surface area (Å²) >= 11 is 0. The van der Waals surface area contributed by atoms with E-state index >= 15 is 0 Å². The number of nitrogens with one attached hydrogen (secondary N) is 1. The predicted octanol–water partition coefficient (Wildman–Crippen LogP) is 1.61. The fourth-order valence-corrected chi connectivity index (χ4v) is 0.977. The van der Waals surface area contributed by atoms with Crippen LogP contribution in [-0.4, -0.2) is 16.0 Å². The van der Waals surface area contributed by atoms with Gasteiger partial charge in [-0.2, -0.15) is 0 Å². The Hall–Kier alpha value is -1.56. The third-order valence-corrected chi connectivity index (χ3v) is 1.71. The lowest BCUT2D eigenvalue weighted by Gasteiger charge is -2.10. The summed E-state index contributed by atoms with van der Waals surface area (Å²) in [6.45, 7) is 3.88. The normalized spacial score (nSPS) is 11.8. The lowest BCUT2D eigenvalue weighted by Crippen LogP contribution is -2.16. The maximum absolute atomic E-state index is 5.31. The van der Waals surface area contributed by atoms with Crippen LogP contribution in [0, 0.1) is 19.3 Å². The van der Waals surface area contributed by atoms with Gasteiger partial charge >= 0.3 is 0 Å². The van der Waals surface area contributed by atoms with Crippen LogP contribution >= 0.6 is 0 Å². The molecule has 0 aliphatic carbocycles. The van der Waals surface area contributed by atoms with Gasteiger partial charge in [-0.05, 0) is 19.4 Å². The summed E-state index contributed by atoms with van der Waals surface area (Å²) in [4.78, 5) is 8.19. The second-order valence-corrected chi connectivity index (χ2v) is 2.76. The molecule has 3 heteroatoms. The molecule has 0 saturated carbocycles. The van der Waals surface area contributed by atoms with Crippen LogP contribution in [0.4, 0.5) is 5.82 Å². The Morgan fingerprint density at radius 3 is 3.00 bits per heavy atom. The molecule has 1 rings (SSSR count). The van der Waals surface area contributed by atoms with Crippen LogP contribution in [0.5, 0.6) is 0 Å². The first kappa shape index (κ1) is 9.53.